The molecule has 1 heterocycles. The summed E-state index contributed by atoms with van der Waals surface area (Å²) in [5, 5.41) is 9.80. The van der Waals surface area contributed by atoms with Gasteiger partial charge in [0.05, 0.1) is 11.4 Å². The molecule has 1 aromatic carbocycles. The first-order valence-electron chi connectivity index (χ1n) is 7.69. The van der Waals surface area contributed by atoms with Crippen molar-refractivity contribution < 1.29 is 5.11 Å². The smallest absolute Gasteiger partial charge is 0.158 e. The molecule has 0 aliphatic carbocycles. The van der Waals surface area contributed by atoms with Crippen LogP contribution in [0.2, 0.25) is 0 Å². The lowest BCUT2D eigenvalue weighted by Crippen LogP contribution is -2.08. The van der Waals surface area contributed by atoms with E-state index in [1.807, 2.05) is 19.9 Å². The molecular weight excluding hydrogens is 260 g/mol. The van der Waals surface area contributed by atoms with Gasteiger partial charge >= 0.3 is 0 Å². The lowest BCUT2D eigenvalue weighted by Gasteiger charge is -2.17. The highest BCUT2D eigenvalue weighted by atomic mass is 16.3. The lowest BCUT2D eigenvalue weighted by atomic mass is 9.90. The number of aryl methyl sites for hydroxylation is 2. The van der Waals surface area contributed by atoms with Crippen molar-refractivity contribution in [2.45, 2.75) is 52.4 Å². The number of rotatable bonds is 6. The number of unbranched alkanes of at least 4 members (excludes halogenated alkanes) is 1. The highest BCUT2D eigenvalue weighted by Crippen LogP contribution is 2.26. The summed E-state index contributed by atoms with van der Waals surface area (Å²) in [6.07, 6.45) is 4.36. The fraction of sp³-hybridized carbons (Fsp3) is 0.444. The van der Waals surface area contributed by atoms with Gasteiger partial charge < -0.3 is 5.11 Å². The number of aromatic hydroxyl groups is 1. The molecule has 1 unspecified atom stereocenters. The van der Waals surface area contributed by atoms with E-state index in [1.165, 1.54) is 18.4 Å². The van der Waals surface area contributed by atoms with Crippen LogP contribution >= 0.6 is 0 Å². The lowest BCUT2D eigenvalue weighted by molar-refractivity contribution is 0.456. The van der Waals surface area contributed by atoms with Crippen LogP contribution in [0.3, 0.4) is 0 Å². The average molecular weight is 284 g/mol. The van der Waals surface area contributed by atoms with Crippen LogP contribution in [-0.4, -0.2) is 15.1 Å². The summed E-state index contributed by atoms with van der Waals surface area (Å²) in [4.78, 5) is 8.89. The summed E-state index contributed by atoms with van der Waals surface area (Å²) in [6.45, 7) is 5.88. The number of aromatic nitrogens is 2. The number of nitrogens with zero attached hydrogens (tertiary/aromatic N) is 2. The first-order valence-corrected chi connectivity index (χ1v) is 7.69. The van der Waals surface area contributed by atoms with E-state index < -0.39 is 0 Å². The molecule has 0 amide bonds. The summed E-state index contributed by atoms with van der Waals surface area (Å²) >= 11 is 0. The minimum Gasteiger partial charge on any atom is -0.504 e. The summed E-state index contributed by atoms with van der Waals surface area (Å²) in [6, 6.07) is 10.6. The molecule has 2 aromatic rings. The Balaban J connectivity index is 2.23. The quantitative estimate of drug-likeness (QED) is 0.859. The van der Waals surface area contributed by atoms with Gasteiger partial charge in [-0.15, -0.1) is 0 Å². The fourth-order valence-corrected chi connectivity index (χ4v) is 2.65. The van der Waals surface area contributed by atoms with E-state index >= 15 is 0 Å². The number of benzene rings is 1. The molecule has 3 heteroatoms. The fourth-order valence-electron chi connectivity index (χ4n) is 2.65. The van der Waals surface area contributed by atoms with Crippen LogP contribution in [0, 0.1) is 13.8 Å². The van der Waals surface area contributed by atoms with Crippen LogP contribution in [0.5, 0.6) is 5.75 Å². The van der Waals surface area contributed by atoms with Crippen molar-refractivity contribution in [2.75, 3.05) is 0 Å². The molecule has 1 atom stereocenters. The third-order valence-corrected chi connectivity index (χ3v) is 3.89. The van der Waals surface area contributed by atoms with Crippen molar-refractivity contribution >= 4 is 0 Å². The maximum atomic E-state index is 9.80. The highest BCUT2D eigenvalue weighted by molar-refractivity contribution is 5.30. The second kappa shape index (κ2) is 7.21. The normalized spacial score (nSPS) is 12.3. The van der Waals surface area contributed by atoms with Crippen LogP contribution < -0.4 is 0 Å². The Morgan fingerprint density at radius 3 is 2.24 bits per heavy atom. The maximum absolute atomic E-state index is 9.80. The third-order valence-electron chi connectivity index (χ3n) is 3.89. The molecule has 1 N–H and O–H groups in total. The van der Waals surface area contributed by atoms with E-state index in [4.69, 9.17) is 0 Å². The summed E-state index contributed by atoms with van der Waals surface area (Å²) in [5.74, 6) is 1.48. The Labute approximate surface area is 127 Å². The van der Waals surface area contributed by atoms with Crippen molar-refractivity contribution in [3.63, 3.8) is 0 Å². The molecule has 1 aromatic heterocycles. The van der Waals surface area contributed by atoms with Gasteiger partial charge in [-0.2, -0.15) is 0 Å². The molecule has 0 aliphatic rings. The van der Waals surface area contributed by atoms with Crippen molar-refractivity contribution in [2.24, 2.45) is 0 Å². The van der Waals surface area contributed by atoms with E-state index in [0.717, 1.165) is 18.7 Å². The van der Waals surface area contributed by atoms with E-state index in [9.17, 15) is 5.11 Å². The molecular formula is C18H24N2O. The van der Waals surface area contributed by atoms with E-state index in [0.29, 0.717) is 17.3 Å². The molecule has 0 bridgehead atoms. The Morgan fingerprint density at radius 2 is 1.67 bits per heavy atom. The predicted octanol–water partition coefficient (Wildman–Crippen LogP) is 4.32. The van der Waals surface area contributed by atoms with Gasteiger partial charge in [-0.3, -0.25) is 0 Å². The molecule has 0 aliphatic heterocycles. The van der Waals surface area contributed by atoms with Crippen LogP contribution in [0.15, 0.2) is 30.3 Å². The van der Waals surface area contributed by atoms with Gasteiger partial charge in [0.2, 0.25) is 0 Å². The van der Waals surface area contributed by atoms with E-state index in [2.05, 4.69) is 41.2 Å². The second-order valence-electron chi connectivity index (χ2n) is 5.61. The molecule has 0 fully saturated rings. The highest BCUT2D eigenvalue weighted by Gasteiger charge is 2.15. The molecule has 112 valence electrons. The Hall–Kier alpha value is -1.90. The van der Waals surface area contributed by atoms with Gasteiger partial charge in [0.15, 0.2) is 5.75 Å². The molecule has 3 nitrogen and oxygen atoms in total. The zero-order chi connectivity index (χ0) is 15.2. The van der Waals surface area contributed by atoms with Crippen molar-refractivity contribution in [1.82, 2.24) is 9.97 Å². The Kier molecular flexibility index (Phi) is 5.32. The number of hydrogen-bond acceptors (Lipinski definition) is 3. The SMILES string of the molecule is CCCCC(Cc1nc(C)c(O)c(C)n1)c1ccccc1. The van der Waals surface area contributed by atoms with Crippen molar-refractivity contribution in [3.8, 4) is 5.75 Å². The van der Waals surface area contributed by atoms with Gasteiger partial charge in [-0.25, -0.2) is 9.97 Å². The van der Waals surface area contributed by atoms with Gasteiger partial charge in [0.1, 0.15) is 5.82 Å². The number of hydrogen-bond donors (Lipinski definition) is 1. The molecule has 0 saturated carbocycles. The third kappa shape index (κ3) is 4.03. The van der Waals surface area contributed by atoms with Gasteiger partial charge in [-0.05, 0) is 31.7 Å². The molecule has 0 spiro atoms. The standard InChI is InChI=1S/C18H24N2O/c1-4-5-9-16(15-10-7-6-8-11-15)12-17-19-13(2)18(21)14(3)20-17/h6-8,10-11,16,21H,4-5,9,12H2,1-3H3. The average Bonchev–Trinajstić information content (AvgIpc) is 2.49. The monoisotopic (exact) mass is 284 g/mol. The van der Waals surface area contributed by atoms with Crippen LogP contribution in [0.25, 0.3) is 0 Å². The Morgan fingerprint density at radius 1 is 1.05 bits per heavy atom. The minimum atomic E-state index is 0.212. The van der Waals surface area contributed by atoms with E-state index in [1.54, 1.807) is 0 Å². The predicted molar refractivity (Wildman–Crippen MR) is 85.6 cm³/mol. The van der Waals surface area contributed by atoms with Gasteiger partial charge in [-0.1, -0.05) is 50.1 Å². The maximum Gasteiger partial charge on any atom is 0.158 e. The Bertz CT molecular complexity index is 558. The molecule has 0 saturated heterocycles. The zero-order valence-electron chi connectivity index (χ0n) is 13.1. The summed E-state index contributed by atoms with van der Waals surface area (Å²) in [7, 11) is 0. The first kappa shape index (κ1) is 15.5. The van der Waals surface area contributed by atoms with Crippen LogP contribution in [0.4, 0.5) is 0 Å². The van der Waals surface area contributed by atoms with Crippen molar-refractivity contribution in [3.05, 3.63) is 53.1 Å². The van der Waals surface area contributed by atoms with Gasteiger partial charge in [0.25, 0.3) is 0 Å². The van der Waals surface area contributed by atoms with E-state index in [-0.39, 0.29) is 5.75 Å². The molecule has 0 radical (unpaired) electrons. The van der Waals surface area contributed by atoms with Gasteiger partial charge in [0, 0.05) is 6.42 Å². The summed E-state index contributed by atoms with van der Waals surface area (Å²) < 4.78 is 0. The van der Waals surface area contributed by atoms with Crippen LogP contribution in [0.1, 0.15) is 54.9 Å². The molecule has 21 heavy (non-hydrogen) atoms. The largest absolute Gasteiger partial charge is 0.504 e. The van der Waals surface area contributed by atoms with Crippen LogP contribution in [-0.2, 0) is 6.42 Å². The first-order chi connectivity index (χ1) is 10.1. The molecule has 2 rings (SSSR count). The van der Waals surface area contributed by atoms with Crippen molar-refractivity contribution in [1.29, 1.82) is 0 Å². The zero-order valence-corrected chi connectivity index (χ0v) is 13.1. The topological polar surface area (TPSA) is 46.0 Å². The second-order valence-corrected chi connectivity index (χ2v) is 5.61. The summed E-state index contributed by atoms with van der Waals surface area (Å²) in [5.41, 5.74) is 2.68. The minimum absolute atomic E-state index is 0.212.